The molecular formula is C23H29N3O9S. The Kier molecular flexibility index (Phi) is 8.48. The first-order valence-electron chi connectivity index (χ1n) is 11.2. The maximum Gasteiger partial charge on any atom is 0.351 e. The summed E-state index contributed by atoms with van der Waals surface area (Å²) >= 11 is 0. The highest BCUT2D eigenvalue weighted by molar-refractivity contribution is 7.85. The number of carbonyl (C=O) groups excluding carboxylic acids is 2. The average molecular weight is 524 g/mol. The molecule has 36 heavy (non-hydrogen) atoms. The summed E-state index contributed by atoms with van der Waals surface area (Å²) in [4.78, 5) is 40.0. The molecule has 3 rings (SSSR count). The second-order valence-electron chi connectivity index (χ2n) is 8.62. The average Bonchev–Trinajstić information content (AvgIpc) is 3.08. The number of hydrogen-bond acceptors (Lipinski definition) is 11. The number of hydrogen-bond donors (Lipinski definition) is 1. The van der Waals surface area contributed by atoms with Crippen molar-refractivity contribution in [1.82, 2.24) is 9.55 Å². The summed E-state index contributed by atoms with van der Waals surface area (Å²) in [5, 5.41) is 0. The van der Waals surface area contributed by atoms with Crippen molar-refractivity contribution in [3.63, 3.8) is 0 Å². The molecule has 1 aromatic carbocycles. The third-order valence-electron chi connectivity index (χ3n) is 5.39. The Bertz CT molecular complexity index is 1260. The van der Waals surface area contributed by atoms with Gasteiger partial charge in [0.05, 0.1) is 0 Å². The van der Waals surface area contributed by atoms with Gasteiger partial charge in [-0.1, -0.05) is 44.2 Å². The zero-order valence-corrected chi connectivity index (χ0v) is 21.1. The van der Waals surface area contributed by atoms with Crippen LogP contribution < -0.4 is 11.4 Å². The van der Waals surface area contributed by atoms with E-state index in [1.807, 2.05) is 13.8 Å². The molecule has 196 valence electrons. The van der Waals surface area contributed by atoms with Crippen LogP contribution >= 0.6 is 0 Å². The lowest BCUT2D eigenvalue weighted by molar-refractivity contribution is -0.155. The summed E-state index contributed by atoms with van der Waals surface area (Å²) in [6, 6.07) is 8.32. The van der Waals surface area contributed by atoms with Gasteiger partial charge < -0.3 is 19.9 Å². The predicted octanol–water partition coefficient (Wildman–Crippen LogP) is 1.26. The molecule has 1 aliphatic rings. The highest BCUT2D eigenvalue weighted by Gasteiger charge is 2.51. The molecule has 0 aliphatic carbocycles. The van der Waals surface area contributed by atoms with Crippen molar-refractivity contribution in [2.45, 2.75) is 63.9 Å². The Morgan fingerprint density at radius 2 is 1.81 bits per heavy atom. The number of nitrogen functional groups attached to an aromatic ring is 1. The van der Waals surface area contributed by atoms with Gasteiger partial charge in [-0.2, -0.15) is 13.4 Å². The Morgan fingerprint density at radius 3 is 2.39 bits per heavy atom. The van der Waals surface area contributed by atoms with Gasteiger partial charge in [0.15, 0.2) is 12.3 Å². The van der Waals surface area contributed by atoms with Crippen molar-refractivity contribution in [1.29, 1.82) is 0 Å². The number of rotatable bonds is 9. The molecule has 0 radical (unpaired) electrons. The highest BCUT2D eigenvalue weighted by Crippen LogP contribution is 2.35. The van der Waals surface area contributed by atoms with Crippen molar-refractivity contribution in [2.75, 3.05) is 12.3 Å². The molecule has 12 nitrogen and oxygen atoms in total. The SMILES string of the molecule is CC(=O)OC[C@H]1O[C@@H](n2cc(C(C)C)c(N)nc2=O)[C@H](OC(C)=O)[C@H]1OS(=O)(=O)Cc1ccccc1. The molecule has 0 unspecified atom stereocenters. The molecule has 1 fully saturated rings. The van der Waals surface area contributed by atoms with E-state index in [1.165, 1.54) is 13.1 Å². The summed E-state index contributed by atoms with van der Waals surface area (Å²) in [6.45, 7) is 5.56. The number of esters is 2. The smallest absolute Gasteiger partial charge is 0.351 e. The normalized spacial score (nSPS) is 21.9. The minimum absolute atomic E-state index is 0.0305. The Balaban J connectivity index is 2.03. The third-order valence-corrected chi connectivity index (χ3v) is 6.59. The molecule has 1 aromatic heterocycles. The zero-order chi connectivity index (χ0) is 26.6. The van der Waals surface area contributed by atoms with Crippen LogP contribution in [-0.2, 0) is 43.9 Å². The maximum absolute atomic E-state index is 12.9. The molecule has 0 spiro atoms. The topological polar surface area (TPSA) is 166 Å². The quantitative estimate of drug-likeness (QED) is 0.371. The molecule has 4 atom stereocenters. The first-order chi connectivity index (χ1) is 16.9. The first kappa shape index (κ1) is 27.3. The minimum Gasteiger partial charge on any atom is -0.463 e. The number of ether oxygens (including phenoxy) is 3. The van der Waals surface area contributed by atoms with Gasteiger partial charge in [0.25, 0.3) is 10.1 Å². The van der Waals surface area contributed by atoms with Gasteiger partial charge in [0, 0.05) is 25.6 Å². The fourth-order valence-electron chi connectivity index (χ4n) is 3.80. The van der Waals surface area contributed by atoms with Gasteiger partial charge in [-0.25, -0.2) is 4.79 Å². The van der Waals surface area contributed by atoms with Crippen LogP contribution in [0.1, 0.15) is 51.0 Å². The Hall–Kier alpha value is -3.29. The molecule has 0 bridgehead atoms. The monoisotopic (exact) mass is 523 g/mol. The van der Waals surface area contributed by atoms with E-state index in [0.29, 0.717) is 11.1 Å². The number of benzene rings is 1. The van der Waals surface area contributed by atoms with Crippen LogP contribution in [0.25, 0.3) is 0 Å². The van der Waals surface area contributed by atoms with E-state index < -0.39 is 64.6 Å². The first-order valence-corrected chi connectivity index (χ1v) is 12.7. The zero-order valence-electron chi connectivity index (χ0n) is 20.3. The van der Waals surface area contributed by atoms with Crippen LogP contribution in [-0.4, -0.2) is 54.8 Å². The fourth-order valence-corrected chi connectivity index (χ4v) is 5.04. The number of nitrogens with zero attached hydrogens (tertiary/aromatic N) is 2. The van der Waals surface area contributed by atoms with Crippen molar-refractivity contribution >= 4 is 27.9 Å². The molecule has 0 amide bonds. The number of aromatic nitrogens is 2. The minimum atomic E-state index is -4.24. The molecule has 2 heterocycles. The second-order valence-corrected chi connectivity index (χ2v) is 10.2. The van der Waals surface area contributed by atoms with Gasteiger partial charge in [-0.05, 0) is 11.5 Å². The Labute approximate surface area is 208 Å². The van der Waals surface area contributed by atoms with Crippen molar-refractivity contribution < 1.29 is 36.4 Å². The predicted molar refractivity (Wildman–Crippen MR) is 127 cm³/mol. The van der Waals surface area contributed by atoms with E-state index in [-0.39, 0.29) is 11.7 Å². The lowest BCUT2D eigenvalue weighted by atomic mass is 10.1. The standard InChI is InChI=1S/C23H29N3O9S/c1-13(2)17-10-26(23(29)25-21(17)24)22-20(33-15(4)28)19(18(34-22)11-32-14(3)27)35-36(30,31)12-16-8-6-5-7-9-16/h5-10,13,18-20,22H,11-12H2,1-4H3,(H2,24,25,29)/t18-,19+,20-,22-/m1/s1. The molecular weight excluding hydrogens is 494 g/mol. The number of nitrogens with two attached hydrogens (primary N) is 1. The number of carbonyl (C=O) groups is 2. The van der Waals surface area contributed by atoms with Crippen molar-refractivity contribution in [3.8, 4) is 0 Å². The molecule has 1 saturated heterocycles. The Morgan fingerprint density at radius 1 is 1.14 bits per heavy atom. The maximum atomic E-state index is 12.9. The molecule has 1 aliphatic heterocycles. The van der Waals surface area contributed by atoms with Gasteiger partial charge in [0.1, 0.15) is 30.4 Å². The summed E-state index contributed by atoms with van der Waals surface area (Å²) < 4.78 is 48.8. The lowest BCUT2D eigenvalue weighted by Crippen LogP contribution is -2.42. The van der Waals surface area contributed by atoms with Crippen LogP contribution in [0.3, 0.4) is 0 Å². The number of anilines is 1. The fraction of sp³-hybridized carbons (Fsp3) is 0.478. The summed E-state index contributed by atoms with van der Waals surface area (Å²) in [7, 11) is -4.24. The van der Waals surface area contributed by atoms with Crippen LogP contribution in [0.5, 0.6) is 0 Å². The molecule has 2 N–H and O–H groups in total. The third kappa shape index (κ3) is 6.68. The van der Waals surface area contributed by atoms with Crippen LogP contribution in [0.15, 0.2) is 41.3 Å². The molecule has 13 heteroatoms. The summed E-state index contributed by atoms with van der Waals surface area (Å²) in [6.07, 6.45) is -3.93. The van der Waals surface area contributed by atoms with E-state index in [0.717, 1.165) is 11.5 Å². The van der Waals surface area contributed by atoms with Gasteiger partial charge >= 0.3 is 17.6 Å². The lowest BCUT2D eigenvalue weighted by Gasteiger charge is -2.24. The van der Waals surface area contributed by atoms with Crippen molar-refractivity contribution in [3.05, 3.63) is 58.1 Å². The van der Waals surface area contributed by atoms with Crippen LogP contribution in [0.2, 0.25) is 0 Å². The molecule has 0 saturated carbocycles. The van der Waals surface area contributed by atoms with Crippen LogP contribution in [0, 0.1) is 0 Å². The van der Waals surface area contributed by atoms with Gasteiger partial charge in [-0.15, -0.1) is 0 Å². The van der Waals surface area contributed by atoms with E-state index in [4.69, 9.17) is 24.1 Å². The van der Waals surface area contributed by atoms with Gasteiger partial charge in [0.2, 0.25) is 0 Å². The largest absolute Gasteiger partial charge is 0.463 e. The van der Waals surface area contributed by atoms with Gasteiger partial charge in [-0.3, -0.25) is 18.3 Å². The molecule has 2 aromatic rings. The van der Waals surface area contributed by atoms with Crippen molar-refractivity contribution in [2.24, 2.45) is 0 Å². The van der Waals surface area contributed by atoms with E-state index >= 15 is 0 Å². The van der Waals surface area contributed by atoms with Crippen LogP contribution in [0.4, 0.5) is 5.82 Å². The van der Waals surface area contributed by atoms with E-state index in [9.17, 15) is 22.8 Å². The van der Waals surface area contributed by atoms with E-state index in [1.54, 1.807) is 30.3 Å². The summed E-state index contributed by atoms with van der Waals surface area (Å²) in [5.74, 6) is -1.97. The second kappa shape index (κ2) is 11.2. The highest BCUT2D eigenvalue weighted by atomic mass is 32.2. The summed E-state index contributed by atoms with van der Waals surface area (Å²) in [5.41, 5.74) is 6.07. The van der Waals surface area contributed by atoms with E-state index in [2.05, 4.69) is 4.98 Å².